The van der Waals surface area contributed by atoms with E-state index in [1.54, 1.807) is 65.9 Å². The standard InChI is InChI=1S/C22H15NO3/c24-19(15-6-2-1-3-7-15)14-23-12-10-16(11-13-23)20-21(25)17-8-4-5-9-18(17)22(20)26/h1-13H,14H2. The van der Waals surface area contributed by atoms with E-state index in [-0.39, 0.29) is 29.5 Å². The number of fused-ring (bicyclic) bond motifs is 1. The molecule has 2 aliphatic rings. The average Bonchev–Trinajstić information content (AvgIpc) is 2.94. The quantitative estimate of drug-likeness (QED) is 0.486. The zero-order valence-electron chi connectivity index (χ0n) is 13.9. The van der Waals surface area contributed by atoms with Crippen LogP contribution in [0.15, 0.2) is 90.3 Å². The van der Waals surface area contributed by atoms with Crippen LogP contribution in [0.4, 0.5) is 0 Å². The van der Waals surface area contributed by atoms with Crippen molar-refractivity contribution in [2.75, 3.05) is 6.54 Å². The summed E-state index contributed by atoms with van der Waals surface area (Å²) in [6, 6.07) is 15.9. The maximum atomic E-state index is 12.5. The first-order chi connectivity index (χ1) is 12.6. The third kappa shape index (κ3) is 2.71. The summed E-state index contributed by atoms with van der Waals surface area (Å²) in [6.45, 7) is 0.196. The van der Waals surface area contributed by atoms with Crippen LogP contribution in [0.25, 0.3) is 0 Å². The maximum Gasteiger partial charge on any atom is 0.198 e. The number of carbonyl (C=O) groups excluding carboxylic acids is 3. The fourth-order valence-corrected chi connectivity index (χ4v) is 3.12. The van der Waals surface area contributed by atoms with Crippen LogP contribution in [0, 0.1) is 0 Å². The molecule has 2 aromatic rings. The zero-order valence-corrected chi connectivity index (χ0v) is 13.9. The molecule has 0 atom stereocenters. The normalized spacial score (nSPS) is 15.6. The van der Waals surface area contributed by atoms with E-state index >= 15 is 0 Å². The van der Waals surface area contributed by atoms with E-state index in [1.807, 2.05) is 18.2 Å². The van der Waals surface area contributed by atoms with Gasteiger partial charge in [-0.15, -0.1) is 0 Å². The predicted molar refractivity (Wildman–Crippen MR) is 97.9 cm³/mol. The van der Waals surface area contributed by atoms with Crippen molar-refractivity contribution in [1.82, 2.24) is 4.90 Å². The van der Waals surface area contributed by atoms with Gasteiger partial charge in [0, 0.05) is 29.1 Å². The summed E-state index contributed by atoms with van der Waals surface area (Å²) in [7, 11) is 0. The molecule has 1 heterocycles. The molecule has 0 fully saturated rings. The number of hydrogen-bond donors (Lipinski definition) is 0. The Hall–Kier alpha value is -3.53. The Bertz CT molecular complexity index is 960. The van der Waals surface area contributed by atoms with Gasteiger partial charge in [-0.2, -0.15) is 0 Å². The Balaban J connectivity index is 1.55. The minimum absolute atomic E-state index is 0.00331. The van der Waals surface area contributed by atoms with Crippen LogP contribution in [0.1, 0.15) is 31.1 Å². The van der Waals surface area contributed by atoms with Gasteiger partial charge in [0.15, 0.2) is 17.3 Å². The molecule has 0 saturated heterocycles. The Kier molecular flexibility index (Phi) is 3.93. The second kappa shape index (κ2) is 6.41. The highest BCUT2D eigenvalue weighted by Crippen LogP contribution is 2.30. The summed E-state index contributed by atoms with van der Waals surface area (Å²) < 4.78 is 0. The molecule has 0 N–H and O–H groups in total. The van der Waals surface area contributed by atoms with Crippen molar-refractivity contribution in [2.24, 2.45) is 0 Å². The van der Waals surface area contributed by atoms with Crippen LogP contribution >= 0.6 is 0 Å². The lowest BCUT2D eigenvalue weighted by Crippen LogP contribution is -2.21. The molecule has 0 saturated carbocycles. The third-order valence-corrected chi connectivity index (χ3v) is 4.47. The lowest BCUT2D eigenvalue weighted by Gasteiger charge is -2.18. The summed E-state index contributed by atoms with van der Waals surface area (Å²) in [5.41, 5.74) is 2.30. The van der Waals surface area contributed by atoms with E-state index in [0.29, 0.717) is 22.3 Å². The Morgan fingerprint density at radius 3 is 1.88 bits per heavy atom. The maximum absolute atomic E-state index is 12.5. The molecule has 26 heavy (non-hydrogen) atoms. The molecule has 0 radical (unpaired) electrons. The van der Waals surface area contributed by atoms with Crippen LogP contribution in [-0.2, 0) is 0 Å². The van der Waals surface area contributed by atoms with Gasteiger partial charge in [-0.3, -0.25) is 14.4 Å². The molecule has 0 bridgehead atoms. The van der Waals surface area contributed by atoms with Crippen molar-refractivity contribution in [3.63, 3.8) is 0 Å². The monoisotopic (exact) mass is 341 g/mol. The zero-order chi connectivity index (χ0) is 18.1. The molecule has 126 valence electrons. The number of carbonyl (C=O) groups is 3. The first-order valence-electron chi connectivity index (χ1n) is 8.28. The van der Waals surface area contributed by atoms with Crippen molar-refractivity contribution >= 4 is 17.3 Å². The predicted octanol–water partition coefficient (Wildman–Crippen LogP) is 3.59. The average molecular weight is 341 g/mol. The van der Waals surface area contributed by atoms with Gasteiger partial charge in [-0.05, 0) is 17.7 Å². The van der Waals surface area contributed by atoms with Gasteiger partial charge in [0.2, 0.25) is 0 Å². The lowest BCUT2D eigenvalue weighted by molar-refractivity contribution is 0.0963. The van der Waals surface area contributed by atoms with Gasteiger partial charge < -0.3 is 4.90 Å². The summed E-state index contributed by atoms with van der Waals surface area (Å²) in [4.78, 5) is 39.1. The van der Waals surface area contributed by atoms with Crippen molar-refractivity contribution < 1.29 is 14.4 Å². The highest BCUT2D eigenvalue weighted by Gasteiger charge is 2.34. The summed E-state index contributed by atoms with van der Waals surface area (Å²) in [6.07, 6.45) is 6.84. The van der Waals surface area contributed by atoms with Gasteiger partial charge in [0.1, 0.15) is 0 Å². The minimum atomic E-state index is -0.247. The molecule has 1 aliphatic heterocycles. The lowest BCUT2D eigenvalue weighted by atomic mass is 10.0. The van der Waals surface area contributed by atoms with Crippen molar-refractivity contribution in [3.8, 4) is 0 Å². The van der Waals surface area contributed by atoms with Gasteiger partial charge in [-0.1, -0.05) is 54.6 Å². The van der Waals surface area contributed by atoms with E-state index in [4.69, 9.17) is 0 Å². The number of ketones is 3. The second-order valence-electron chi connectivity index (χ2n) is 6.13. The fourth-order valence-electron chi connectivity index (χ4n) is 3.12. The van der Waals surface area contributed by atoms with Crippen molar-refractivity contribution in [1.29, 1.82) is 0 Å². The number of allylic oxidation sites excluding steroid dienone is 4. The third-order valence-electron chi connectivity index (χ3n) is 4.47. The number of hydrogen-bond acceptors (Lipinski definition) is 4. The molecular formula is C22H15NO3. The number of benzene rings is 2. The van der Waals surface area contributed by atoms with Crippen LogP contribution < -0.4 is 0 Å². The van der Waals surface area contributed by atoms with E-state index in [0.717, 1.165) is 0 Å². The summed E-state index contributed by atoms with van der Waals surface area (Å²) in [5.74, 6) is -0.496. The molecule has 0 aromatic heterocycles. The van der Waals surface area contributed by atoms with E-state index < -0.39 is 0 Å². The SMILES string of the molecule is O=C(CN1C=CC(=C2C(=O)c3ccccc3C2=O)C=C1)c1ccccc1. The highest BCUT2D eigenvalue weighted by atomic mass is 16.2. The van der Waals surface area contributed by atoms with E-state index in [2.05, 4.69) is 0 Å². The molecule has 0 amide bonds. The van der Waals surface area contributed by atoms with Crippen LogP contribution in [0.5, 0.6) is 0 Å². The Labute approximate surface area is 150 Å². The number of nitrogens with zero attached hydrogens (tertiary/aromatic N) is 1. The van der Waals surface area contributed by atoms with Crippen molar-refractivity contribution in [2.45, 2.75) is 0 Å². The fraction of sp³-hybridized carbons (Fsp3) is 0.0455. The number of Topliss-reactive ketones (excluding diaryl/α,β-unsaturated/α-hetero) is 3. The molecular weight excluding hydrogens is 326 g/mol. The van der Waals surface area contributed by atoms with Crippen molar-refractivity contribution in [3.05, 3.63) is 107 Å². The van der Waals surface area contributed by atoms with Gasteiger partial charge in [0.05, 0.1) is 12.1 Å². The molecule has 4 nitrogen and oxygen atoms in total. The summed E-state index contributed by atoms with van der Waals surface area (Å²) in [5, 5.41) is 0. The molecule has 1 aliphatic carbocycles. The molecule has 0 spiro atoms. The minimum Gasteiger partial charge on any atom is -0.347 e. The molecule has 4 heteroatoms. The van der Waals surface area contributed by atoms with Gasteiger partial charge in [0.25, 0.3) is 0 Å². The van der Waals surface area contributed by atoms with Crippen LogP contribution in [0.3, 0.4) is 0 Å². The highest BCUT2D eigenvalue weighted by molar-refractivity contribution is 6.40. The molecule has 2 aromatic carbocycles. The first kappa shape index (κ1) is 16.0. The smallest absolute Gasteiger partial charge is 0.198 e. The van der Waals surface area contributed by atoms with E-state index in [1.165, 1.54) is 0 Å². The first-order valence-corrected chi connectivity index (χ1v) is 8.28. The Morgan fingerprint density at radius 2 is 1.31 bits per heavy atom. The summed E-state index contributed by atoms with van der Waals surface area (Å²) >= 11 is 0. The molecule has 0 unspecified atom stereocenters. The molecule has 4 rings (SSSR count). The van der Waals surface area contributed by atoms with Crippen LogP contribution in [0.2, 0.25) is 0 Å². The second-order valence-corrected chi connectivity index (χ2v) is 6.13. The van der Waals surface area contributed by atoms with Gasteiger partial charge >= 0.3 is 0 Å². The Morgan fingerprint density at radius 1 is 0.769 bits per heavy atom. The van der Waals surface area contributed by atoms with Gasteiger partial charge in [-0.25, -0.2) is 0 Å². The topological polar surface area (TPSA) is 54.5 Å². The van der Waals surface area contributed by atoms with E-state index in [9.17, 15) is 14.4 Å². The van der Waals surface area contributed by atoms with Crippen LogP contribution in [-0.4, -0.2) is 28.8 Å². The number of rotatable bonds is 3. The largest absolute Gasteiger partial charge is 0.347 e.